The summed E-state index contributed by atoms with van der Waals surface area (Å²) in [5.74, 6) is 0.169. The fraction of sp³-hybridized carbons (Fsp3) is 0.889. The van der Waals surface area contributed by atoms with Crippen molar-refractivity contribution in [3.05, 3.63) is 0 Å². The zero-order valence-electron chi connectivity index (χ0n) is 7.92. The number of hydrogen-bond acceptors (Lipinski definition) is 3. The van der Waals surface area contributed by atoms with Gasteiger partial charge in [0.1, 0.15) is 0 Å². The molecule has 0 aromatic carbocycles. The van der Waals surface area contributed by atoms with Crippen LogP contribution in [0.2, 0.25) is 0 Å². The minimum absolute atomic E-state index is 0.141. The van der Waals surface area contributed by atoms with E-state index in [2.05, 4.69) is 0 Å². The van der Waals surface area contributed by atoms with Crippen LogP contribution in [0.3, 0.4) is 0 Å². The summed E-state index contributed by atoms with van der Waals surface area (Å²) in [6.45, 7) is 5.28. The summed E-state index contributed by atoms with van der Waals surface area (Å²) in [5, 5.41) is 0. The average molecular weight is 172 g/mol. The summed E-state index contributed by atoms with van der Waals surface area (Å²) in [4.78, 5) is 11.3. The van der Waals surface area contributed by atoms with Crippen LogP contribution in [-0.4, -0.2) is 26.3 Å². The number of methoxy groups -OCH3 is 1. The molecular weight excluding hydrogens is 156 g/mol. The molecule has 0 aromatic heterocycles. The molecule has 1 heterocycles. The van der Waals surface area contributed by atoms with Crippen LogP contribution in [0.15, 0.2) is 0 Å². The smallest absolute Gasteiger partial charge is 0.311 e. The predicted octanol–water partition coefficient (Wildman–Crippen LogP) is 1.22. The maximum absolute atomic E-state index is 11.3. The molecule has 0 spiro atoms. The lowest BCUT2D eigenvalue weighted by atomic mass is 9.78. The van der Waals surface area contributed by atoms with Gasteiger partial charge in [0.25, 0.3) is 0 Å². The minimum Gasteiger partial charge on any atom is -0.469 e. The van der Waals surface area contributed by atoms with Gasteiger partial charge in [-0.05, 0) is 26.2 Å². The summed E-state index contributed by atoms with van der Waals surface area (Å²) in [7, 11) is 1.43. The molecule has 0 aliphatic carbocycles. The molecule has 0 radical (unpaired) electrons. The van der Waals surface area contributed by atoms with Crippen molar-refractivity contribution < 1.29 is 14.3 Å². The molecule has 12 heavy (non-hydrogen) atoms. The highest BCUT2D eigenvalue weighted by Crippen LogP contribution is 2.33. The number of rotatable bonds is 2. The van der Waals surface area contributed by atoms with E-state index < -0.39 is 5.41 Å². The molecule has 1 fully saturated rings. The van der Waals surface area contributed by atoms with Crippen LogP contribution in [0, 0.1) is 11.3 Å². The molecule has 1 unspecified atom stereocenters. The van der Waals surface area contributed by atoms with Crippen molar-refractivity contribution in [1.29, 1.82) is 0 Å². The van der Waals surface area contributed by atoms with Gasteiger partial charge in [0, 0.05) is 6.61 Å². The Bertz CT molecular complexity index is 169. The highest BCUT2D eigenvalue weighted by atomic mass is 16.5. The highest BCUT2D eigenvalue weighted by molar-refractivity contribution is 5.76. The van der Waals surface area contributed by atoms with E-state index in [-0.39, 0.29) is 5.97 Å². The Balaban J connectivity index is 2.62. The van der Waals surface area contributed by atoms with Crippen LogP contribution < -0.4 is 0 Å². The monoisotopic (exact) mass is 172 g/mol. The highest BCUT2D eigenvalue weighted by Gasteiger charge is 2.39. The topological polar surface area (TPSA) is 35.5 Å². The van der Waals surface area contributed by atoms with Gasteiger partial charge < -0.3 is 9.47 Å². The molecule has 0 bridgehead atoms. The van der Waals surface area contributed by atoms with Crippen LogP contribution in [0.1, 0.15) is 20.3 Å². The Morgan fingerprint density at radius 3 is 2.67 bits per heavy atom. The first-order chi connectivity index (χ1) is 5.59. The molecule has 1 saturated heterocycles. The Morgan fingerprint density at radius 1 is 1.58 bits per heavy atom. The average Bonchev–Trinajstić information content (AvgIpc) is 2.55. The lowest BCUT2D eigenvalue weighted by Crippen LogP contribution is -2.34. The Hall–Kier alpha value is -0.570. The van der Waals surface area contributed by atoms with Crippen molar-refractivity contribution in [3.63, 3.8) is 0 Å². The number of carbonyl (C=O) groups excluding carboxylic acids is 1. The van der Waals surface area contributed by atoms with Crippen molar-refractivity contribution in [1.82, 2.24) is 0 Å². The van der Waals surface area contributed by atoms with Gasteiger partial charge in [-0.1, -0.05) is 0 Å². The van der Waals surface area contributed by atoms with E-state index in [9.17, 15) is 4.79 Å². The summed E-state index contributed by atoms with van der Waals surface area (Å²) in [6.07, 6.45) is 0.960. The van der Waals surface area contributed by atoms with Gasteiger partial charge in [0.15, 0.2) is 0 Å². The zero-order chi connectivity index (χ0) is 9.19. The predicted molar refractivity (Wildman–Crippen MR) is 44.7 cm³/mol. The van der Waals surface area contributed by atoms with Crippen molar-refractivity contribution in [2.45, 2.75) is 20.3 Å². The summed E-state index contributed by atoms with van der Waals surface area (Å²) in [5.41, 5.74) is -0.398. The third-order valence-electron chi connectivity index (χ3n) is 2.66. The van der Waals surface area contributed by atoms with Crippen LogP contribution in [0.25, 0.3) is 0 Å². The lowest BCUT2D eigenvalue weighted by molar-refractivity contribution is -0.154. The molecule has 0 N–H and O–H groups in total. The van der Waals surface area contributed by atoms with Crippen LogP contribution in [0.5, 0.6) is 0 Å². The molecule has 0 saturated carbocycles. The maximum atomic E-state index is 11.3. The first-order valence-electron chi connectivity index (χ1n) is 4.25. The van der Waals surface area contributed by atoms with Crippen LogP contribution in [0.4, 0.5) is 0 Å². The van der Waals surface area contributed by atoms with Crippen molar-refractivity contribution in [3.8, 4) is 0 Å². The Kier molecular flexibility index (Phi) is 2.73. The zero-order valence-corrected chi connectivity index (χ0v) is 7.92. The van der Waals surface area contributed by atoms with E-state index in [0.717, 1.165) is 13.0 Å². The molecule has 1 aliphatic rings. The first-order valence-corrected chi connectivity index (χ1v) is 4.25. The van der Waals surface area contributed by atoms with E-state index in [4.69, 9.17) is 9.47 Å². The normalized spacial score (nSPS) is 24.1. The van der Waals surface area contributed by atoms with Gasteiger partial charge in [-0.3, -0.25) is 4.79 Å². The Labute approximate surface area is 73.0 Å². The standard InChI is InChI=1S/C9H16O3/c1-9(2,8(10)11-3)7-4-5-12-6-7/h7H,4-6H2,1-3H3. The summed E-state index contributed by atoms with van der Waals surface area (Å²) < 4.78 is 9.96. The molecular formula is C9H16O3. The fourth-order valence-electron chi connectivity index (χ4n) is 1.53. The molecule has 1 atom stereocenters. The van der Waals surface area contributed by atoms with E-state index >= 15 is 0 Å². The molecule has 1 aliphatic heterocycles. The molecule has 70 valence electrons. The lowest BCUT2D eigenvalue weighted by Gasteiger charge is -2.26. The van der Waals surface area contributed by atoms with Gasteiger partial charge in [0.2, 0.25) is 0 Å². The van der Waals surface area contributed by atoms with Gasteiger partial charge in [0.05, 0.1) is 19.1 Å². The van der Waals surface area contributed by atoms with Gasteiger partial charge in [-0.2, -0.15) is 0 Å². The van der Waals surface area contributed by atoms with E-state index in [1.165, 1.54) is 7.11 Å². The largest absolute Gasteiger partial charge is 0.469 e. The van der Waals surface area contributed by atoms with Crippen molar-refractivity contribution >= 4 is 5.97 Å². The second kappa shape index (κ2) is 3.44. The molecule has 3 nitrogen and oxygen atoms in total. The quantitative estimate of drug-likeness (QED) is 0.587. The molecule has 0 amide bonds. The van der Waals surface area contributed by atoms with Crippen molar-refractivity contribution in [2.75, 3.05) is 20.3 Å². The van der Waals surface area contributed by atoms with E-state index in [0.29, 0.717) is 12.5 Å². The molecule has 1 rings (SSSR count). The van der Waals surface area contributed by atoms with Crippen LogP contribution in [-0.2, 0) is 14.3 Å². The van der Waals surface area contributed by atoms with E-state index in [1.54, 1.807) is 0 Å². The summed E-state index contributed by atoms with van der Waals surface area (Å²) in [6, 6.07) is 0. The fourth-order valence-corrected chi connectivity index (χ4v) is 1.53. The first kappa shape index (κ1) is 9.52. The molecule has 3 heteroatoms. The van der Waals surface area contributed by atoms with Gasteiger partial charge >= 0.3 is 5.97 Å². The summed E-state index contributed by atoms with van der Waals surface area (Å²) >= 11 is 0. The van der Waals surface area contributed by atoms with Gasteiger partial charge in [-0.25, -0.2) is 0 Å². The van der Waals surface area contributed by atoms with E-state index in [1.807, 2.05) is 13.8 Å². The maximum Gasteiger partial charge on any atom is 0.311 e. The van der Waals surface area contributed by atoms with Crippen LogP contribution >= 0.6 is 0 Å². The van der Waals surface area contributed by atoms with Gasteiger partial charge in [-0.15, -0.1) is 0 Å². The Morgan fingerprint density at radius 2 is 2.25 bits per heavy atom. The second-order valence-corrected chi connectivity index (χ2v) is 3.77. The third kappa shape index (κ3) is 1.61. The molecule has 0 aromatic rings. The third-order valence-corrected chi connectivity index (χ3v) is 2.66. The number of esters is 1. The SMILES string of the molecule is COC(=O)C(C)(C)C1CCOC1. The number of carbonyl (C=O) groups is 1. The second-order valence-electron chi connectivity index (χ2n) is 3.77. The van der Waals surface area contributed by atoms with Crippen molar-refractivity contribution in [2.24, 2.45) is 11.3 Å². The number of ether oxygens (including phenoxy) is 2. The minimum atomic E-state index is -0.398. The number of hydrogen-bond donors (Lipinski definition) is 0.